The van der Waals surface area contributed by atoms with Gasteiger partial charge >= 0.3 is 0 Å². The van der Waals surface area contributed by atoms with Crippen molar-refractivity contribution in [1.82, 2.24) is 0 Å². The molecule has 1 rings (SSSR count). The Labute approximate surface area is 100 Å². The molecule has 0 radical (unpaired) electrons. The second kappa shape index (κ2) is 5.83. The number of allylic oxidation sites excluding steroid dienone is 1. The summed E-state index contributed by atoms with van der Waals surface area (Å²) in [5.41, 5.74) is 0. The Bertz CT molecular complexity index is 225. The van der Waals surface area contributed by atoms with Crippen LogP contribution < -0.4 is 0 Å². The van der Waals surface area contributed by atoms with E-state index < -0.39 is 5.79 Å². The maximum atomic E-state index is 6.03. The van der Waals surface area contributed by atoms with E-state index in [1.54, 1.807) is 0 Å². The van der Waals surface area contributed by atoms with Gasteiger partial charge in [0.1, 0.15) is 0 Å². The number of rotatable bonds is 5. The first-order valence-electron chi connectivity index (χ1n) is 6.58. The quantitative estimate of drug-likeness (QED) is 0.662. The van der Waals surface area contributed by atoms with Gasteiger partial charge in [-0.05, 0) is 26.7 Å². The van der Waals surface area contributed by atoms with Crippen molar-refractivity contribution in [3.63, 3.8) is 0 Å². The van der Waals surface area contributed by atoms with Crippen LogP contribution in [-0.4, -0.2) is 18.0 Å². The van der Waals surface area contributed by atoms with Gasteiger partial charge in [0.05, 0.1) is 12.2 Å². The molecule has 94 valence electrons. The summed E-state index contributed by atoms with van der Waals surface area (Å²) in [5, 5.41) is 0. The van der Waals surface area contributed by atoms with E-state index in [4.69, 9.17) is 9.47 Å². The zero-order chi connectivity index (χ0) is 12.2. The van der Waals surface area contributed by atoms with Crippen molar-refractivity contribution < 1.29 is 9.47 Å². The summed E-state index contributed by atoms with van der Waals surface area (Å²) in [5.74, 6) is -0.0836. The van der Waals surface area contributed by atoms with Crippen molar-refractivity contribution in [2.45, 2.75) is 71.9 Å². The molecule has 1 fully saturated rings. The van der Waals surface area contributed by atoms with E-state index in [-0.39, 0.29) is 12.2 Å². The molecule has 16 heavy (non-hydrogen) atoms. The average Bonchev–Trinajstić information content (AvgIpc) is 2.56. The third kappa shape index (κ3) is 2.86. The number of unbranched alkanes of at least 4 members (excludes halogenated alkanes) is 1. The van der Waals surface area contributed by atoms with Crippen molar-refractivity contribution in [3.05, 3.63) is 12.2 Å². The largest absolute Gasteiger partial charge is 0.344 e. The molecule has 0 aromatic rings. The van der Waals surface area contributed by atoms with Crippen LogP contribution >= 0.6 is 0 Å². The summed E-state index contributed by atoms with van der Waals surface area (Å²) in [4.78, 5) is 0. The highest BCUT2D eigenvalue weighted by Gasteiger charge is 2.45. The van der Waals surface area contributed by atoms with Crippen molar-refractivity contribution in [1.29, 1.82) is 0 Å². The van der Waals surface area contributed by atoms with Gasteiger partial charge in [0.15, 0.2) is 5.79 Å². The van der Waals surface area contributed by atoms with Crippen LogP contribution in [0, 0.1) is 5.92 Å². The Morgan fingerprint density at radius 1 is 1.19 bits per heavy atom. The maximum absolute atomic E-state index is 6.03. The highest BCUT2D eigenvalue weighted by atomic mass is 16.8. The van der Waals surface area contributed by atoms with Gasteiger partial charge in [0.25, 0.3) is 0 Å². The lowest BCUT2D eigenvalue weighted by Crippen LogP contribution is -2.36. The van der Waals surface area contributed by atoms with E-state index >= 15 is 0 Å². The van der Waals surface area contributed by atoms with Gasteiger partial charge in [-0.2, -0.15) is 0 Å². The highest BCUT2D eigenvalue weighted by Crippen LogP contribution is 2.38. The molecule has 3 atom stereocenters. The van der Waals surface area contributed by atoms with Crippen LogP contribution in [0.1, 0.15) is 53.9 Å². The molecule has 0 amide bonds. The van der Waals surface area contributed by atoms with E-state index in [1.165, 1.54) is 6.42 Å². The highest BCUT2D eigenvalue weighted by molar-refractivity contribution is 4.97. The van der Waals surface area contributed by atoms with E-state index in [0.29, 0.717) is 5.92 Å². The fraction of sp³-hybridized carbons (Fsp3) is 0.857. The van der Waals surface area contributed by atoms with Gasteiger partial charge in [-0.25, -0.2) is 0 Å². The minimum absolute atomic E-state index is 0.196. The zero-order valence-electron chi connectivity index (χ0n) is 11.3. The van der Waals surface area contributed by atoms with Crippen LogP contribution in [0.4, 0.5) is 0 Å². The second-order valence-corrected chi connectivity index (χ2v) is 4.82. The standard InChI is InChI=1S/C14H26O2/c1-6-8-9-10-11(3)14(7-2)15-12(4)13(5)16-14/h9-13H,6-8H2,1-5H3/b10-9+/t11-,12+,13+/m0/s1. The molecule has 0 unspecified atom stereocenters. The lowest BCUT2D eigenvalue weighted by molar-refractivity contribution is -0.197. The molecule has 0 aromatic heterocycles. The lowest BCUT2D eigenvalue weighted by atomic mass is 9.97. The van der Waals surface area contributed by atoms with Crippen LogP contribution in [0.25, 0.3) is 0 Å². The summed E-state index contributed by atoms with van der Waals surface area (Å²) < 4.78 is 12.1. The maximum Gasteiger partial charge on any atom is 0.174 e. The molecule has 1 aliphatic heterocycles. The van der Waals surface area contributed by atoms with Crippen LogP contribution in [0.5, 0.6) is 0 Å². The first-order chi connectivity index (χ1) is 7.55. The number of hydrogen-bond donors (Lipinski definition) is 0. The fourth-order valence-electron chi connectivity index (χ4n) is 2.17. The molecule has 0 N–H and O–H groups in total. The Kier molecular flexibility index (Phi) is 5.00. The Morgan fingerprint density at radius 3 is 2.19 bits per heavy atom. The molecule has 0 aliphatic carbocycles. The molecule has 1 heterocycles. The Hall–Kier alpha value is -0.340. The molecule has 1 aliphatic rings. The predicted octanol–water partition coefficient (Wildman–Crippen LogP) is 3.91. The Morgan fingerprint density at radius 2 is 1.75 bits per heavy atom. The average molecular weight is 226 g/mol. The Balaban J connectivity index is 2.66. The summed E-state index contributed by atoms with van der Waals surface area (Å²) in [6.45, 7) is 10.7. The van der Waals surface area contributed by atoms with Gasteiger partial charge < -0.3 is 9.47 Å². The normalized spacial score (nSPS) is 31.1. The van der Waals surface area contributed by atoms with Crippen molar-refractivity contribution in [3.8, 4) is 0 Å². The van der Waals surface area contributed by atoms with Gasteiger partial charge in [-0.15, -0.1) is 0 Å². The van der Waals surface area contributed by atoms with Crippen molar-refractivity contribution >= 4 is 0 Å². The van der Waals surface area contributed by atoms with Crippen LogP contribution in [0.15, 0.2) is 12.2 Å². The summed E-state index contributed by atoms with van der Waals surface area (Å²) >= 11 is 0. The van der Waals surface area contributed by atoms with Gasteiger partial charge in [0.2, 0.25) is 0 Å². The van der Waals surface area contributed by atoms with Gasteiger partial charge in [-0.1, -0.05) is 39.3 Å². The number of hydrogen-bond acceptors (Lipinski definition) is 2. The summed E-state index contributed by atoms with van der Waals surface area (Å²) in [7, 11) is 0. The van der Waals surface area contributed by atoms with E-state index in [9.17, 15) is 0 Å². The smallest absolute Gasteiger partial charge is 0.174 e. The number of ether oxygens (including phenoxy) is 2. The second-order valence-electron chi connectivity index (χ2n) is 4.82. The minimum atomic E-state index is -0.400. The molecule has 0 aromatic carbocycles. The third-order valence-corrected chi connectivity index (χ3v) is 3.50. The topological polar surface area (TPSA) is 18.5 Å². The first kappa shape index (κ1) is 13.7. The van der Waals surface area contributed by atoms with Crippen LogP contribution in [0.3, 0.4) is 0 Å². The first-order valence-corrected chi connectivity index (χ1v) is 6.58. The molecule has 2 heteroatoms. The molecule has 1 saturated heterocycles. The van der Waals surface area contributed by atoms with E-state index in [0.717, 1.165) is 12.8 Å². The van der Waals surface area contributed by atoms with Gasteiger partial charge in [0, 0.05) is 5.92 Å². The lowest BCUT2D eigenvalue weighted by Gasteiger charge is -2.31. The van der Waals surface area contributed by atoms with Gasteiger partial charge in [-0.3, -0.25) is 0 Å². The molecule has 2 nitrogen and oxygen atoms in total. The van der Waals surface area contributed by atoms with Crippen LogP contribution in [0.2, 0.25) is 0 Å². The SMILES string of the molecule is CCC/C=C/[C@H](C)C1(CC)O[C@H](C)[C@@H](C)O1. The molecular weight excluding hydrogens is 200 g/mol. The fourth-order valence-corrected chi connectivity index (χ4v) is 2.17. The van der Waals surface area contributed by atoms with E-state index in [2.05, 4.69) is 46.8 Å². The monoisotopic (exact) mass is 226 g/mol. The van der Waals surface area contributed by atoms with Crippen molar-refractivity contribution in [2.75, 3.05) is 0 Å². The molecule has 0 saturated carbocycles. The predicted molar refractivity (Wildman–Crippen MR) is 67.3 cm³/mol. The molecule has 0 spiro atoms. The summed E-state index contributed by atoms with van der Waals surface area (Å²) in [6, 6.07) is 0. The summed E-state index contributed by atoms with van der Waals surface area (Å²) in [6.07, 6.45) is 8.09. The minimum Gasteiger partial charge on any atom is -0.344 e. The van der Waals surface area contributed by atoms with Crippen molar-refractivity contribution in [2.24, 2.45) is 5.92 Å². The molecule has 0 bridgehead atoms. The van der Waals surface area contributed by atoms with E-state index in [1.807, 2.05) is 0 Å². The zero-order valence-corrected chi connectivity index (χ0v) is 11.3. The molecular formula is C14H26O2. The van der Waals surface area contributed by atoms with Crippen LogP contribution in [-0.2, 0) is 9.47 Å². The third-order valence-electron chi connectivity index (χ3n) is 3.50.